The number of aromatic nitrogens is 1. The molecule has 0 unspecified atom stereocenters. The summed E-state index contributed by atoms with van der Waals surface area (Å²) >= 11 is 6.05. The maximum Gasteiger partial charge on any atom is 0.0495 e. The van der Waals surface area contributed by atoms with Crippen molar-refractivity contribution in [2.75, 3.05) is 6.54 Å². The minimum Gasteiger partial charge on any atom is -0.347 e. The molecule has 1 saturated carbocycles. The van der Waals surface area contributed by atoms with Gasteiger partial charge in [0.05, 0.1) is 0 Å². The lowest BCUT2D eigenvalue weighted by Gasteiger charge is -2.06. The number of rotatable bonds is 6. The number of benzene rings is 1. The van der Waals surface area contributed by atoms with Crippen molar-refractivity contribution in [3.8, 4) is 0 Å². The molecule has 1 aromatic heterocycles. The van der Waals surface area contributed by atoms with E-state index in [0.29, 0.717) is 0 Å². The highest BCUT2D eigenvalue weighted by molar-refractivity contribution is 6.31. The van der Waals surface area contributed by atoms with E-state index in [1.54, 1.807) is 0 Å². The highest BCUT2D eigenvalue weighted by atomic mass is 35.5. The fourth-order valence-electron chi connectivity index (χ4n) is 2.35. The van der Waals surface area contributed by atoms with E-state index in [1.807, 2.05) is 6.07 Å². The van der Waals surface area contributed by atoms with Crippen LogP contribution < -0.4 is 5.32 Å². The summed E-state index contributed by atoms with van der Waals surface area (Å²) in [6.07, 6.45) is 7.38. The van der Waals surface area contributed by atoms with Crippen LogP contribution in [0.1, 0.15) is 25.7 Å². The van der Waals surface area contributed by atoms with Gasteiger partial charge in [-0.3, -0.25) is 0 Å². The molecule has 3 rings (SSSR count). The highest BCUT2D eigenvalue weighted by Gasteiger charge is 2.19. The van der Waals surface area contributed by atoms with E-state index in [2.05, 4.69) is 34.3 Å². The van der Waals surface area contributed by atoms with Crippen molar-refractivity contribution in [1.82, 2.24) is 9.88 Å². The second-order valence-electron chi connectivity index (χ2n) is 5.15. The van der Waals surface area contributed by atoms with Gasteiger partial charge in [0.25, 0.3) is 0 Å². The van der Waals surface area contributed by atoms with E-state index in [9.17, 15) is 0 Å². The number of unbranched alkanes of at least 4 members (excludes halogenated alkanes) is 1. The van der Waals surface area contributed by atoms with Crippen molar-refractivity contribution >= 4 is 22.5 Å². The molecule has 0 aliphatic heterocycles. The standard InChI is InChI=1S/C15H19ClN2/c16-13-4-3-12-7-10-18(15(12)11-13)9-2-1-8-17-14-5-6-14/h3-4,7,10-11,14,17H,1-2,5-6,8-9H2. The molecule has 0 radical (unpaired) electrons. The number of hydrogen-bond donors (Lipinski definition) is 1. The molecule has 1 aliphatic rings. The highest BCUT2D eigenvalue weighted by Crippen LogP contribution is 2.21. The zero-order valence-corrected chi connectivity index (χ0v) is 11.3. The maximum absolute atomic E-state index is 6.05. The topological polar surface area (TPSA) is 17.0 Å². The Bertz CT molecular complexity index is 528. The molecule has 0 spiro atoms. The Balaban J connectivity index is 1.54. The molecule has 0 bridgehead atoms. The van der Waals surface area contributed by atoms with E-state index in [1.165, 1.54) is 36.6 Å². The van der Waals surface area contributed by atoms with Crippen molar-refractivity contribution in [3.05, 3.63) is 35.5 Å². The van der Waals surface area contributed by atoms with Crippen LogP contribution in [0.4, 0.5) is 0 Å². The molecule has 1 aromatic carbocycles. The number of nitrogens with one attached hydrogen (secondary N) is 1. The molecular weight excluding hydrogens is 244 g/mol. The Hall–Kier alpha value is -0.990. The molecule has 3 heteroatoms. The normalized spacial score (nSPS) is 15.4. The van der Waals surface area contributed by atoms with Crippen LogP contribution in [-0.2, 0) is 6.54 Å². The first-order valence-electron chi connectivity index (χ1n) is 6.81. The molecule has 1 N–H and O–H groups in total. The van der Waals surface area contributed by atoms with Crippen LogP contribution in [0.3, 0.4) is 0 Å². The van der Waals surface area contributed by atoms with Gasteiger partial charge in [-0.2, -0.15) is 0 Å². The first-order valence-corrected chi connectivity index (χ1v) is 7.18. The molecule has 2 nitrogen and oxygen atoms in total. The Morgan fingerprint density at radius 2 is 2.11 bits per heavy atom. The van der Waals surface area contributed by atoms with Gasteiger partial charge < -0.3 is 9.88 Å². The van der Waals surface area contributed by atoms with Crippen LogP contribution in [0.2, 0.25) is 5.02 Å². The van der Waals surface area contributed by atoms with Crippen LogP contribution in [0.5, 0.6) is 0 Å². The molecule has 2 aromatic rings. The Morgan fingerprint density at radius 1 is 1.22 bits per heavy atom. The minimum atomic E-state index is 0.817. The lowest BCUT2D eigenvalue weighted by atomic mass is 10.2. The zero-order valence-electron chi connectivity index (χ0n) is 10.5. The van der Waals surface area contributed by atoms with Gasteiger partial charge in [-0.1, -0.05) is 17.7 Å². The fourth-order valence-corrected chi connectivity index (χ4v) is 2.52. The van der Waals surface area contributed by atoms with Gasteiger partial charge in [-0.25, -0.2) is 0 Å². The molecule has 1 fully saturated rings. The first kappa shape index (κ1) is 12.1. The lowest BCUT2D eigenvalue weighted by molar-refractivity contribution is 0.575. The summed E-state index contributed by atoms with van der Waals surface area (Å²) in [5.41, 5.74) is 1.25. The van der Waals surface area contributed by atoms with E-state index < -0.39 is 0 Å². The summed E-state index contributed by atoms with van der Waals surface area (Å²) in [6.45, 7) is 2.24. The molecule has 0 atom stereocenters. The van der Waals surface area contributed by atoms with Crippen LogP contribution in [0.25, 0.3) is 10.9 Å². The second-order valence-corrected chi connectivity index (χ2v) is 5.58. The summed E-state index contributed by atoms with van der Waals surface area (Å²) in [6, 6.07) is 9.08. The van der Waals surface area contributed by atoms with Crippen molar-refractivity contribution < 1.29 is 0 Å². The smallest absolute Gasteiger partial charge is 0.0495 e. The fraction of sp³-hybridized carbons (Fsp3) is 0.467. The minimum absolute atomic E-state index is 0.817. The molecule has 96 valence electrons. The molecule has 0 saturated heterocycles. The van der Waals surface area contributed by atoms with Crippen LogP contribution in [-0.4, -0.2) is 17.2 Å². The Morgan fingerprint density at radius 3 is 2.94 bits per heavy atom. The summed E-state index contributed by atoms with van der Waals surface area (Å²) < 4.78 is 2.30. The number of halogens is 1. The van der Waals surface area contributed by atoms with Crippen molar-refractivity contribution in [1.29, 1.82) is 0 Å². The first-order chi connectivity index (χ1) is 8.83. The largest absolute Gasteiger partial charge is 0.347 e. The van der Waals surface area contributed by atoms with Gasteiger partial charge in [0.15, 0.2) is 0 Å². The monoisotopic (exact) mass is 262 g/mol. The van der Waals surface area contributed by atoms with Gasteiger partial charge in [0.2, 0.25) is 0 Å². The number of fused-ring (bicyclic) bond motifs is 1. The van der Waals surface area contributed by atoms with Gasteiger partial charge in [-0.15, -0.1) is 0 Å². The Kier molecular flexibility index (Phi) is 3.57. The number of hydrogen-bond acceptors (Lipinski definition) is 1. The van der Waals surface area contributed by atoms with E-state index in [4.69, 9.17) is 11.6 Å². The average Bonchev–Trinajstić information content (AvgIpc) is 3.11. The van der Waals surface area contributed by atoms with Gasteiger partial charge in [0.1, 0.15) is 0 Å². The SMILES string of the molecule is Clc1ccc2ccn(CCCCNC3CC3)c2c1. The molecule has 1 aliphatic carbocycles. The molecular formula is C15H19ClN2. The van der Waals surface area contributed by atoms with Crippen molar-refractivity contribution in [2.24, 2.45) is 0 Å². The summed E-state index contributed by atoms with van der Waals surface area (Å²) in [7, 11) is 0. The third-order valence-electron chi connectivity index (χ3n) is 3.57. The predicted molar refractivity (Wildman–Crippen MR) is 77.2 cm³/mol. The summed E-state index contributed by atoms with van der Waals surface area (Å²) in [5.74, 6) is 0. The third-order valence-corrected chi connectivity index (χ3v) is 3.81. The predicted octanol–water partition coefficient (Wildman–Crippen LogP) is 3.83. The van der Waals surface area contributed by atoms with Gasteiger partial charge >= 0.3 is 0 Å². The second kappa shape index (κ2) is 5.33. The quantitative estimate of drug-likeness (QED) is 0.783. The molecule has 1 heterocycles. The van der Waals surface area contributed by atoms with Crippen molar-refractivity contribution in [2.45, 2.75) is 38.3 Å². The van der Waals surface area contributed by atoms with Crippen LogP contribution >= 0.6 is 11.6 Å². The average molecular weight is 263 g/mol. The molecule has 0 amide bonds. The summed E-state index contributed by atoms with van der Waals surface area (Å²) in [5, 5.41) is 5.64. The lowest BCUT2D eigenvalue weighted by Crippen LogP contribution is -2.17. The summed E-state index contributed by atoms with van der Waals surface area (Å²) in [4.78, 5) is 0. The van der Waals surface area contributed by atoms with Crippen LogP contribution in [0, 0.1) is 0 Å². The molecule has 18 heavy (non-hydrogen) atoms. The van der Waals surface area contributed by atoms with Crippen LogP contribution in [0.15, 0.2) is 30.5 Å². The van der Waals surface area contributed by atoms with E-state index >= 15 is 0 Å². The maximum atomic E-state index is 6.05. The Labute approximate surface area is 113 Å². The van der Waals surface area contributed by atoms with Crippen molar-refractivity contribution in [3.63, 3.8) is 0 Å². The number of aryl methyl sites for hydroxylation is 1. The van der Waals surface area contributed by atoms with Gasteiger partial charge in [-0.05, 0) is 55.8 Å². The number of nitrogens with zero attached hydrogens (tertiary/aromatic N) is 1. The van der Waals surface area contributed by atoms with E-state index in [-0.39, 0.29) is 0 Å². The third kappa shape index (κ3) is 2.88. The van der Waals surface area contributed by atoms with Gasteiger partial charge in [0, 0.05) is 29.3 Å². The zero-order chi connectivity index (χ0) is 12.4. The van der Waals surface area contributed by atoms with E-state index in [0.717, 1.165) is 24.2 Å².